The number of carbonyl (C=O) groups is 2. The number of sulfonamides is 1. The Labute approximate surface area is 211 Å². The van der Waals surface area contributed by atoms with Gasteiger partial charge in [-0.05, 0) is 50.1 Å². The predicted octanol–water partition coefficient (Wildman–Crippen LogP) is 3.17. The number of carbonyl (C=O) groups excluding carboxylic acids is 2. The molecule has 0 spiro atoms. The molecule has 0 aromatic heterocycles. The minimum atomic E-state index is -3.84. The molecule has 1 heterocycles. The summed E-state index contributed by atoms with van der Waals surface area (Å²) in [5.41, 5.74) is 1.02. The molecule has 11 heteroatoms. The average Bonchev–Trinajstić information content (AvgIpc) is 3.25. The maximum atomic E-state index is 13.6. The van der Waals surface area contributed by atoms with Gasteiger partial charge in [0.05, 0.1) is 11.9 Å². The number of rotatable bonds is 10. The van der Waals surface area contributed by atoms with Crippen LogP contribution in [-0.2, 0) is 26.2 Å². The highest BCUT2D eigenvalue weighted by atomic mass is 35.5. The van der Waals surface area contributed by atoms with Crippen molar-refractivity contribution in [3.63, 3.8) is 0 Å². The number of fused-ring (bicyclic) bond motifs is 1. The molecule has 0 saturated carbocycles. The molecule has 0 unspecified atom stereocenters. The molecule has 0 radical (unpaired) electrons. The number of halogens is 1. The minimum Gasteiger partial charge on any atom is -0.454 e. The molecular formula is C24H30ClN3O6S. The van der Waals surface area contributed by atoms with Gasteiger partial charge in [0.2, 0.25) is 28.6 Å². The molecule has 190 valence electrons. The van der Waals surface area contributed by atoms with Crippen LogP contribution < -0.4 is 19.1 Å². The van der Waals surface area contributed by atoms with E-state index < -0.39 is 28.5 Å². The van der Waals surface area contributed by atoms with Crippen molar-refractivity contribution in [3.8, 4) is 11.5 Å². The van der Waals surface area contributed by atoms with Gasteiger partial charge in [0, 0.05) is 23.7 Å². The Morgan fingerprint density at radius 2 is 1.74 bits per heavy atom. The SMILES string of the molecule is CC[C@@H](C(=O)NC(C)C)N(Cc1ccc(Cl)cc1)C(=O)CN(c1ccc2c(c1)OCO2)S(C)(=O)=O. The maximum absolute atomic E-state index is 13.6. The van der Waals surface area contributed by atoms with Crippen LogP contribution in [0.15, 0.2) is 42.5 Å². The van der Waals surface area contributed by atoms with E-state index in [0.717, 1.165) is 16.1 Å². The van der Waals surface area contributed by atoms with Crippen LogP contribution in [0.25, 0.3) is 0 Å². The molecule has 1 aliphatic rings. The van der Waals surface area contributed by atoms with Gasteiger partial charge in [-0.3, -0.25) is 13.9 Å². The Morgan fingerprint density at radius 1 is 1.09 bits per heavy atom. The molecule has 0 bridgehead atoms. The van der Waals surface area contributed by atoms with Gasteiger partial charge in [0.15, 0.2) is 11.5 Å². The van der Waals surface area contributed by atoms with Crippen LogP contribution in [0.3, 0.4) is 0 Å². The predicted molar refractivity (Wildman–Crippen MR) is 134 cm³/mol. The molecule has 2 aromatic carbocycles. The fourth-order valence-electron chi connectivity index (χ4n) is 3.74. The van der Waals surface area contributed by atoms with Crippen molar-refractivity contribution in [1.82, 2.24) is 10.2 Å². The first-order valence-corrected chi connectivity index (χ1v) is 13.4. The molecule has 35 heavy (non-hydrogen) atoms. The zero-order valence-electron chi connectivity index (χ0n) is 20.2. The van der Waals surface area contributed by atoms with Crippen molar-refractivity contribution < 1.29 is 27.5 Å². The number of nitrogens with zero attached hydrogens (tertiary/aromatic N) is 2. The van der Waals surface area contributed by atoms with Crippen LogP contribution in [0, 0.1) is 0 Å². The second kappa shape index (κ2) is 11.2. The zero-order chi connectivity index (χ0) is 25.8. The third-order valence-corrected chi connectivity index (χ3v) is 6.80. The van der Waals surface area contributed by atoms with E-state index in [-0.39, 0.29) is 31.0 Å². The van der Waals surface area contributed by atoms with E-state index in [1.165, 1.54) is 11.0 Å². The summed E-state index contributed by atoms with van der Waals surface area (Å²) in [7, 11) is -3.84. The number of hydrogen-bond acceptors (Lipinski definition) is 6. The lowest BCUT2D eigenvalue weighted by molar-refractivity contribution is -0.140. The van der Waals surface area contributed by atoms with Crippen LogP contribution in [0.1, 0.15) is 32.8 Å². The van der Waals surface area contributed by atoms with Crippen molar-refractivity contribution in [2.24, 2.45) is 0 Å². The monoisotopic (exact) mass is 523 g/mol. The van der Waals surface area contributed by atoms with Crippen LogP contribution >= 0.6 is 11.6 Å². The summed E-state index contributed by atoms with van der Waals surface area (Å²) >= 11 is 6.00. The van der Waals surface area contributed by atoms with Crippen molar-refractivity contribution in [2.75, 3.05) is 23.9 Å². The normalized spacial score (nSPS) is 13.4. The van der Waals surface area contributed by atoms with Gasteiger partial charge >= 0.3 is 0 Å². The van der Waals surface area contributed by atoms with Crippen LogP contribution in [-0.4, -0.2) is 56.8 Å². The number of ether oxygens (including phenoxy) is 2. The van der Waals surface area contributed by atoms with Gasteiger partial charge in [-0.1, -0.05) is 30.7 Å². The van der Waals surface area contributed by atoms with Crippen LogP contribution in [0.2, 0.25) is 5.02 Å². The molecular weight excluding hydrogens is 494 g/mol. The maximum Gasteiger partial charge on any atom is 0.244 e. The Kier molecular flexibility index (Phi) is 8.50. The summed E-state index contributed by atoms with van der Waals surface area (Å²) in [6.45, 7) is 5.13. The molecule has 3 rings (SSSR count). The van der Waals surface area contributed by atoms with Crippen molar-refractivity contribution in [1.29, 1.82) is 0 Å². The first-order valence-electron chi connectivity index (χ1n) is 11.2. The molecule has 0 aliphatic carbocycles. The standard InChI is InChI=1S/C24H30ClN3O6S/c1-5-20(24(30)26-16(2)3)27(13-17-6-8-18(25)9-7-17)23(29)14-28(35(4,31)32)19-10-11-21-22(12-19)34-15-33-21/h6-12,16,20H,5,13-15H2,1-4H3,(H,26,30)/t20-/m0/s1. The Balaban J connectivity index is 1.94. The van der Waals surface area contributed by atoms with E-state index in [4.69, 9.17) is 21.1 Å². The van der Waals surface area contributed by atoms with E-state index >= 15 is 0 Å². The molecule has 2 aromatic rings. The number of hydrogen-bond donors (Lipinski definition) is 1. The lowest BCUT2D eigenvalue weighted by atomic mass is 10.1. The second-order valence-electron chi connectivity index (χ2n) is 8.54. The van der Waals surface area contributed by atoms with Crippen molar-refractivity contribution in [2.45, 2.75) is 45.8 Å². The summed E-state index contributed by atoms with van der Waals surface area (Å²) in [4.78, 5) is 28.0. The van der Waals surface area contributed by atoms with E-state index in [9.17, 15) is 18.0 Å². The number of benzene rings is 2. The van der Waals surface area contributed by atoms with E-state index in [1.54, 1.807) is 43.3 Å². The van der Waals surface area contributed by atoms with Gasteiger partial charge in [0.25, 0.3) is 0 Å². The summed E-state index contributed by atoms with van der Waals surface area (Å²) < 4.78 is 37.0. The van der Waals surface area contributed by atoms with Crippen LogP contribution in [0.4, 0.5) is 5.69 Å². The third kappa shape index (κ3) is 6.79. The average molecular weight is 524 g/mol. The van der Waals surface area contributed by atoms with Gasteiger partial charge in [-0.25, -0.2) is 8.42 Å². The number of anilines is 1. The van der Waals surface area contributed by atoms with Crippen molar-refractivity contribution in [3.05, 3.63) is 53.1 Å². The summed E-state index contributed by atoms with van der Waals surface area (Å²) in [6, 6.07) is 10.7. The first kappa shape index (κ1) is 26.6. The number of nitrogens with one attached hydrogen (secondary N) is 1. The number of amides is 2. The minimum absolute atomic E-state index is 0.0363. The Hall–Kier alpha value is -2.98. The summed E-state index contributed by atoms with van der Waals surface area (Å²) in [5.74, 6) is 0.0613. The fourth-order valence-corrected chi connectivity index (χ4v) is 4.71. The largest absolute Gasteiger partial charge is 0.454 e. The molecule has 0 fully saturated rings. The molecule has 1 atom stereocenters. The zero-order valence-corrected chi connectivity index (χ0v) is 21.7. The quantitative estimate of drug-likeness (QED) is 0.513. The second-order valence-corrected chi connectivity index (χ2v) is 10.9. The summed E-state index contributed by atoms with van der Waals surface area (Å²) in [6.07, 6.45) is 1.37. The van der Waals surface area contributed by atoms with Gasteiger partial charge in [-0.2, -0.15) is 0 Å². The first-order chi connectivity index (χ1) is 16.5. The van der Waals surface area contributed by atoms with E-state index in [2.05, 4.69) is 5.32 Å². The topological polar surface area (TPSA) is 105 Å². The van der Waals surface area contributed by atoms with Crippen molar-refractivity contribution >= 4 is 39.1 Å². The summed E-state index contributed by atoms with van der Waals surface area (Å²) in [5, 5.41) is 3.40. The Morgan fingerprint density at radius 3 is 2.34 bits per heavy atom. The molecule has 1 N–H and O–H groups in total. The highest BCUT2D eigenvalue weighted by Crippen LogP contribution is 2.36. The highest BCUT2D eigenvalue weighted by Gasteiger charge is 2.32. The van der Waals surface area contributed by atoms with Gasteiger partial charge < -0.3 is 19.7 Å². The lowest BCUT2D eigenvalue weighted by Crippen LogP contribution is -2.53. The highest BCUT2D eigenvalue weighted by molar-refractivity contribution is 7.92. The molecule has 9 nitrogen and oxygen atoms in total. The van der Waals surface area contributed by atoms with E-state index in [0.29, 0.717) is 22.9 Å². The molecule has 1 aliphatic heterocycles. The molecule has 2 amide bonds. The van der Waals surface area contributed by atoms with Gasteiger partial charge in [-0.15, -0.1) is 0 Å². The van der Waals surface area contributed by atoms with Crippen LogP contribution in [0.5, 0.6) is 11.5 Å². The Bertz CT molecular complexity index is 1170. The lowest BCUT2D eigenvalue weighted by Gasteiger charge is -2.33. The molecule has 0 saturated heterocycles. The smallest absolute Gasteiger partial charge is 0.244 e. The van der Waals surface area contributed by atoms with E-state index in [1.807, 2.05) is 13.8 Å². The third-order valence-electron chi connectivity index (χ3n) is 5.41. The fraction of sp³-hybridized carbons (Fsp3) is 0.417. The van der Waals surface area contributed by atoms with Gasteiger partial charge in [0.1, 0.15) is 12.6 Å².